The molecule has 1 heterocycles. The number of carbonyl (C=O) groups is 1. The lowest BCUT2D eigenvalue weighted by Crippen LogP contribution is -2.34. The fourth-order valence-electron chi connectivity index (χ4n) is 4.56. The third-order valence-corrected chi connectivity index (χ3v) is 6.22. The first-order chi connectivity index (χ1) is 12.4. The van der Waals surface area contributed by atoms with E-state index in [0.717, 1.165) is 18.5 Å². The smallest absolute Gasteiger partial charge is 0.261 e. The van der Waals surface area contributed by atoms with Gasteiger partial charge in [-0.25, -0.2) is 4.39 Å². The number of nitrogens with zero attached hydrogens (tertiary/aromatic N) is 2. The number of halogens is 2. The highest BCUT2D eigenvalue weighted by atomic mass is 35.5. The van der Waals surface area contributed by atoms with Crippen molar-refractivity contribution in [3.63, 3.8) is 0 Å². The fraction of sp³-hybridized carbons (Fsp3) is 0.474. The molecule has 26 heavy (non-hydrogen) atoms. The molecule has 5 nitrogen and oxygen atoms in total. The van der Waals surface area contributed by atoms with E-state index in [-0.39, 0.29) is 16.8 Å². The third-order valence-electron chi connectivity index (χ3n) is 5.93. The molecule has 0 aliphatic heterocycles. The lowest BCUT2D eigenvalue weighted by molar-refractivity contribution is 0.0987. The predicted octanol–water partition coefficient (Wildman–Crippen LogP) is 4.48. The average molecular weight is 377 g/mol. The van der Waals surface area contributed by atoms with Gasteiger partial charge in [0.1, 0.15) is 17.2 Å². The Morgan fingerprint density at radius 1 is 1.38 bits per heavy atom. The van der Waals surface area contributed by atoms with Crippen molar-refractivity contribution in [2.45, 2.75) is 44.4 Å². The monoisotopic (exact) mass is 376 g/mol. The number of benzene rings is 1. The Morgan fingerprint density at radius 2 is 2.08 bits per heavy atom. The number of hydrogen-bond acceptors (Lipinski definition) is 3. The molecule has 0 unspecified atom stereocenters. The number of nitrogen functional groups attached to an aromatic ring is 1. The zero-order chi connectivity index (χ0) is 18.5. The largest absolute Gasteiger partial charge is 0.383 e. The van der Waals surface area contributed by atoms with Crippen LogP contribution in [0, 0.1) is 11.2 Å². The van der Waals surface area contributed by atoms with Gasteiger partial charge in [-0.1, -0.05) is 24.4 Å². The van der Waals surface area contributed by atoms with Crippen molar-refractivity contribution in [1.82, 2.24) is 9.78 Å². The van der Waals surface area contributed by atoms with Gasteiger partial charge >= 0.3 is 0 Å². The molecule has 0 radical (unpaired) electrons. The normalized spacial score (nSPS) is 18.9. The second-order valence-electron chi connectivity index (χ2n) is 7.66. The van der Waals surface area contributed by atoms with Crippen LogP contribution in [0.5, 0.6) is 0 Å². The van der Waals surface area contributed by atoms with E-state index < -0.39 is 5.82 Å². The van der Waals surface area contributed by atoms with Gasteiger partial charge < -0.3 is 11.1 Å². The van der Waals surface area contributed by atoms with Crippen LogP contribution in [0.3, 0.4) is 0 Å². The SMILES string of the molecule is Cn1nc(C2CC3(CCCC3)C2)c(C(=O)Nc2ccc(F)c(Cl)c2)c1N. The molecule has 138 valence electrons. The highest BCUT2D eigenvalue weighted by Crippen LogP contribution is 2.60. The highest BCUT2D eigenvalue weighted by Gasteiger charge is 2.48. The van der Waals surface area contributed by atoms with Crippen molar-refractivity contribution in [3.8, 4) is 0 Å². The zero-order valence-corrected chi connectivity index (χ0v) is 15.4. The molecule has 1 aromatic carbocycles. The number of carbonyl (C=O) groups excluding carboxylic acids is 1. The third kappa shape index (κ3) is 2.86. The number of amides is 1. The molecule has 0 bridgehead atoms. The number of anilines is 2. The standard InChI is InChI=1S/C19H22ClFN4O/c1-25-17(22)15(18(26)23-12-4-5-14(21)13(20)8-12)16(24-25)11-9-19(10-11)6-2-3-7-19/h4-5,8,11H,2-3,6-7,9-10,22H2,1H3,(H,23,26). The summed E-state index contributed by atoms with van der Waals surface area (Å²) in [6, 6.07) is 4.08. The van der Waals surface area contributed by atoms with Crippen molar-refractivity contribution in [2.24, 2.45) is 12.5 Å². The number of hydrogen-bond donors (Lipinski definition) is 2. The lowest BCUT2D eigenvalue weighted by atomic mass is 9.59. The molecule has 3 N–H and O–H groups in total. The summed E-state index contributed by atoms with van der Waals surface area (Å²) < 4.78 is 14.9. The topological polar surface area (TPSA) is 72.9 Å². The van der Waals surface area contributed by atoms with Crippen molar-refractivity contribution in [2.75, 3.05) is 11.1 Å². The van der Waals surface area contributed by atoms with Crippen LogP contribution in [0.2, 0.25) is 5.02 Å². The molecule has 2 fully saturated rings. The Hall–Kier alpha value is -2.08. The van der Waals surface area contributed by atoms with Crippen LogP contribution >= 0.6 is 11.6 Å². The van der Waals surface area contributed by atoms with Crippen LogP contribution in [-0.4, -0.2) is 15.7 Å². The van der Waals surface area contributed by atoms with E-state index in [1.54, 1.807) is 11.7 Å². The number of aryl methyl sites for hydroxylation is 1. The van der Waals surface area contributed by atoms with Crippen LogP contribution in [0.25, 0.3) is 0 Å². The molecular formula is C19H22ClFN4O. The van der Waals surface area contributed by atoms with Crippen LogP contribution in [0.1, 0.15) is 60.5 Å². The lowest BCUT2D eigenvalue weighted by Gasteiger charge is -2.45. The van der Waals surface area contributed by atoms with E-state index in [9.17, 15) is 9.18 Å². The van der Waals surface area contributed by atoms with Gasteiger partial charge in [-0.2, -0.15) is 5.10 Å². The summed E-state index contributed by atoms with van der Waals surface area (Å²) in [5.74, 6) is -0.240. The van der Waals surface area contributed by atoms with Crippen molar-refractivity contribution in [3.05, 3.63) is 40.3 Å². The predicted molar refractivity (Wildman–Crippen MR) is 99.9 cm³/mol. The minimum atomic E-state index is -0.525. The number of nitrogens with one attached hydrogen (secondary N) is 1. The summed E-state index contributed by atoms with van der Waals surface area (Å²) in [6.45, 7) is 0. The van der Waals surface area contributed by atoms with Crippen LogP contribution < -0.4 is 11.1 Å². The summed E-state index contributed by atoms with van der Waals surface area (Å²) in [5, 5.41) is 7.25. The molecule has 2 saturated carbocycles. The van der Waals surface area contributed by atoms with Gasteiger partial charge in [-0.3, -0.25) is 9.48 Å². The Balaban J connectivity index is 1.57. The van der Waals surface area contributed by atoms with E-state index in [2.05, 4.69) is 10.4 Å². The minimum Gasteiger partial charge on any atom is -0.383 e. The van der Waals surface area contributed by atoms with Gasteiger partial charge in [-0.15, -0.1) is 0 Å². The molecule has 2 aliphatic carbocycles. The van der Waals surface area contributed by atoms with Gasteiger partial charge in [0, 0.05) is 18.7 Å². The number of aromatic nitrogens is 2. The van der Waals surface area contributed by atoms with E-state index in [1.807, 2.05) is 0 Å². The van der Waals surface area contributed by atoms with Gasteiger partial charge in [0.2, 0.25) is 0 Å². The van der Waals surface area contributed by atoms with Crippen LogP contribution in [0.4, 0.5) is 15.9 Å². The quantitative estimate of drug-likeness (QED) is 0.829. The molecule has 2 aliphatic rings. The van der Waals surface area contributed by atoms with Gasteiger partial charge in [-0.05, 0) is 49.3 Å². The number of rotatable bonds is 3. The number of nitrogens with two attached hydrogens (primary N) is 1. The summed E-state index contributed by atoms with van der Waals surface area (Å²) in [6.07, 6.45) is 7.31. The summed E-state index contributed by atoms with van der Waals surface area (Å²) in [4.78, 5) is 12.8. The molecule has 1 aromatic heterocycles. The average Bonchev–Trinajstić information content (AvgIpc) is 3.15. The first kappa shape index (κ1) is 17.3. The molecule has 4 rings (SSSR count). The molecule has 7 heteroatoms. The zero-order valence-electron chi connectivity index (χ0n) is 14.7. The molecule has 0 saturated heterocycles. The highest BCUT2D eigenvalue weighted by molar-refractivity contribution is 6.31. The maximum absolute atomic E-state index is 13.3. The van der Waals surface area contributed by atoms with Crippen LogP contribution in [-0.2, 0) is 7.05 Å². The fourth-order valence-corrected chi connectivity index (χ4v) is 4.74. The van der Waals surface area contributed by atoms with E-state index in [4.69, 9.17) is 17.3 Å². The summed E-state index contributed by atoms with van der Waals surface area (Å²) >= 11 is 5.79. The first-order valence-corrected chi connectivity index (χ1v) is 9.35. The Labute approximate surface area is 156 Å². The van der Waals surface area contributed by atoms with Crippen molar-refractivity contribution in [1.29, 1.82) is 0 Å². The molecular weight excluding hydrogens is 355 g/mol. The molecule has 1 spiro atoms. The first-order valence-electron chi connectivity index (χ1n) is 8.97. The van der Waals surface area contributed by atoms with E-state index in [1.165, 1.54) is 43.9 Å². The summed E-state index contributed by atoms with van der Waals surface area (Å²) in [5.41, 5.74) is 8.20. The van der Waals surface area contributed by atoms with Gasteiger partial charge in [0.15, 0.2) is 0 Å². The van der Waals surface area contributed by atoms with Crippen LogP contribution in [0.15, 0.2) is 18.2 Å². The van der Waals surface area contributed by atoms with E-state index in [0.29, 0.717) is 22.5 Å². The summed E-state index contributed by atoms with van der Waals surface area (Å²) in [7, 11) is 1.74. The Kier molecular flexibility index (Phi) is 4.18. The molecule has 0 atom stereocenters. The molecule has 2 aromatic rings. The van der Waals surface area contributed by atoms with Crippen molar-refractivity contribution < 1.29 is 9.18 Å². The van der Waals surface area contributed by atoms with Gasteiger partial charge in [0.05, 0.1) is 10.7 Å². The maximum Gasteiger partial charge on any atom is 0.261 e. The van der Waals surface area contributed by atoms with Gasteiger partial charge in [0.25, 0.3) is 5.91 Å². The second-order valence-corrected chi connectivity index (χ2v) is 8.07. The Morgan fingerprint density at radius 3 is 2.73 bits per heavy atom. The molecule has 1 amide bonds. The second kappa shape index (κ2) is 6.27. The Bertz CT molecular complexity index is 865. The minimum absolute atomic E-state index is 0.0376. The maximum atomic E-state index is 13.3. The van der Waals surface area contributed by atoms with Crippen molar-refractivity contribution >= 4 is 29.0 Å². The van der Waals surface area contributed by atoms with E-state index >= 15 is 0 Å².